The van der Waals surface area contributed by atoms with Gasteiger partial charge >= 0.3 is 0 Å². The van der Waals surface area contributed by atoms with E-state index in [1.807, 2.05) is 17.8 Å². The standard InChI is InChI=1S/C11H18N2O2S3/c1-13(9-5-7-16-8-9)18(14,15)11-3-2-10(17-11)4-6-12/h2-3,9H,4-8,12H2,1H3. The maximum atomic E-state index is 12.4. The smallest absolute Gasteiger partial charge is 0.252 e. The molecule has 0 amide bonds. The zero-order valence-electron chi connectivity index (χ0n) is 10.3. The molecule has 102 valence electrons. The Kier molecular flexibility index (Phi) is 4.71. The first-order valence-electron chi connectivity index (χ1n) is 5.90. The van der Waals surface area contributed by atoms with Gasteiger partial charge in [-0.25, -0.2) is 8.42 Å². The Hall–Kier alpha value is -0.0800. The largest absolute Gasteiger partial charge is 0.330 e. The van der Waals surface area contributed by atoms with Crippen molar-refractivity contribution < 1.29 is 8.42 Å². The van der Waals surface area contributed by atoms with E-state index in [0.29, 0.717) is 10.8 Å². The van der Waals surface area contributed by atoms with Gasteiger partial charge in [-0.2, -0.15) is 16.1 Å². The van der Waals surface area contributed by atoms with Crippen LogP contribution in [0.4, 0.5) is 0 Å². The molecule has 1 aromatic heterocycles. The highest BCUT2D eigenvalue weighted by molar-refractivity contribution is 7.99. The van der Waals surface area contributed by atoms with E-state index in [-0.39, 0.29) is 6.04 Å². The van der Waals surface area contributed by atoms with Crippen LogP contribution in [0.5, 0.6) is 0 Å². The third-order valence-corrected chi connectivity index (χ3v) is 7.75. The summed E-state index contributed by atoms with van der Waals surface area (Å²) in [5, 5.41) is 0. The number of sulfonamides is 1. The van der Waals surface area contributed by atoms with E-state index < -0.39 is 10.0 Å². The van der Waals surface area contributed by atoms with Crippen molar-refractivity contribution in [2.45, 2.75) is 23.1 Å². The summed E-state index contributed by atoms with van der Waals surface area (Å²) in [5.41, 5.74) is 5.48. The highest BCUT2D eigenvalue weighted by Crippen LogP contribution is 2.29. The fourth-order valence-electron chi connectivity index (χ4n) is 1.92. The van der Waals surface area contributed by atoms with Gasteiger partial charge in [0, 0.05) is 23.7 Å². The van der Waals surface area contributed by atoms with Gasteiger partial charge in [0.15, 0.2) is 0 Å². The van der Waals surface area contributed by atoms with E-state index in [9.17, 15) is 8.42 Å². The fraction of sp³-hybridized carbons (Fsp3) is 0.636. The summed E-state index contributed by atoms with van der Waals surface area (Å²) >= 11 is 3.15. The minimum atomic E-state index is -3.32. The second-order valence-electron chi connectivity index (χ2n) is 4.30. The van der Waals surface area contributed by atoms with Crippen LogP contribution in [-0.2, 0) is 16.4 Å². The van der Waals surface area contributed by atoms with Gasteiger partial charge in [-0.1, -0.05) is 0 Å². The van der Waals surface area contributed by atoms with Crippen LogP contribution < -0.4 is 5.73 Å². The van der Waals surface area contributed by atoms with Gasteiger partial charge in [-0.15, -0.1) is 11.3 Å². The molecule has 18 heavy (non-hydrogen) atoms. The number of nitrogens with zero attached hydrogens (tertiary/aromatic N) is 1. The van der Waals surface area contributed by atoms with E-state index in [4.69, 9.17) is 5.73 Å². The SMILES string of the molecule is CN(C1CCSC1)S(=O)(=O)c1ccc(CCN)s1. The first kappa shape index (κ1) is 14.3. The van der Waals surface area contributed by atoms with Crippen LogP contribution >= 0.6 is 23.1 Å². The topological polar surface area (TPSA) is 63.4 Å². The summed E-state index contributed by atoms with van der Waals surface area (Å²) in [6.07, 6.45) is 1.69. The number of thiophene rings is 1. The summed E-state index contributed by atoms with van der Waals surface area (Å²) < 4.78 is 26.8. The third kappa shape index (κ3) is 2.91. The molecule has 1 aliphatic heterocycles. The van der Waals surface area contributed by atoms with Crippen molar-refractivity contribution in [2.75, 3.05) is 25.1 Å². The Morgan fingerprint density at radius 1 is 1.50 bits per heavy atom. The molecule has 4 nitrogen and oxygen atoms in total. The number of rotatable bonds is 5. The van der Waals surface area contributed by atoms with Crippen LogP contribution in [0.15, 0.2) is 16.3 Å². The molecule has 0 saturated carbocycles. The van der Waals surface area contributed by atoms with Gasteiger partial charge in [-0.3, -0.25) is 0 Å². The van der Waals surface area contributed by atoms with Crippen molar-refractivity contribution in [3.05, 3.63) is 17.0 Å². The minimum Gasteiger partial charge on any atom is -0.330 e. The minimum absolute atomic E-state index is 0.139. The van der Waals surface area contributed by atoms with Gasteiger partial charge in [0.2, 0.25) is 0 Å². The second-order valence-corrected chi connectivity index (χ2v) is 8.84. The lowest BCUT2D eigenvalue weighted by Gasteiger charge is -2.22. The lowest BCUT2D eigenvalue weighted by molar-refractivity contribution is 0.396. The van der Waals surface area contributed by atoms with Crippen molar-refractivity contribution in [1.29, 1.82) is 0 Å². The zero-order valence-corrected chi connectivity index (χ0v) is 12.8. The molecular weight excluding hydrogens is 288 g/mol. The molecule has 0 spiro atoms. The Morgan fingerprint density at radius 3 is 2.89 bits per heavy atom. The molecule has 2 heterocycles. The quantitative estimate of drug-likeness (QED) is 0.892. The van der Waals surface area contributed by atoms with Gasteiger partial charge < -0.3 is 5.73 Å². The molecule has 7 heteroatoms. The molecule has 2 rings (SSSR count). The number of nitrogens with two attached hydrogens (primary N) is 1. The van der Waals surface area contributed by atoms with E-state index in [1.165, 1.54) is 15.6 Å². The number of thioether (sulfide) groups is 1. The highest BCUT2D eigenvalue weighted by atomic mass is 32.2. The summed E-state index contributed by atoms with van der Waals surface area (Å²) in [6, 6.07) is 3.70. The lowest BCUT2D eigenvalue weighted by Crippen LogP contribution is -2.36. The van der Waals surface area contributed by atoms with Gasteiger partial charge in [0.1, 0.15) is 4.21 Å². The van der Waals surface area contributed by atoms with Crippen molar-refractivity contribution in [1.82, 2.24) is 4.31 Å². The zero-order chi connectivity index (χ0) is 13.2. The van der Waals surface area contributed by atoms with E-state index in [0.717, 1.165) is 29.2 Å². The van der Waals surface area contributed by atoms with Crippen LogP contribution in [-0.4, -0.2) is 43.9 Å². The summed E-state index contributed by atoms with van der Waals surface area (Å²) in [6.45, 7) is 0.551. The Labute approximate surface area is 117 Å². The molecule has 1 saturated heterocycles. The Bertz CT molecular complexity index is 492. The van der Waals surface area contributed by atoms with Crippen molar-refractivity contribution in [3.8, 4) is 0 Å². The molecule has 0 aliphatic carbocycles. The molecule has 1 unspecified atom stereocenters. The third-order valence-electron chi connectivity index (χ3n) is 3.08. The van der Waals surface area contributed by atoms with Gasteiger partial charge in [-0.05, 0) is 37.3 Å². The number of hydrogen-bond acceptors (Lipinski definition) is 5. The molecule has 0 radical (unpaired) electrons. The fourth-order valence-corrected chi connectivity index (χ4v) is 6.22. The van der Waals surface area contributed by atoms with Crippen LogP contribution in [0.25, 0.3) is 0 Å². The molecule has 1 aromatic rings. The summed E-state index contributed by atoms with van der Waals surface area (Å²) in [4.78, 5) is 1.03. The molecule has 1 aliphatic rings. The van der Waals surface area contributed by atoms with Gasteiger partial charge in [0.25, 0.3) is 10.0 Å². The molecular formula is C11H18N2O2S3. The molecule has 0 bridgehead atoms. The van der Waals surface area contributed by atoms with Crippen LogP contribution in [0.1, 0.15) is 11.3 Å². The molecule has 2 N–H and O–H groups in total. The Balaban J connectivity index is 2.18. The predicted molar refractivity (Wildman–Crippen MR) is 77.8 cm³/mol. The van der Waals surface area contributed by atoms with Gasteiger partial charge in [0.05, 0.1) is 0 Å². The van der Waals surface area contributed by atoms with E-state index in [1.54, 1.807) is 13.1 Å². The number of hydrogen-bond donors (Lipinski definition) is 1. The molecule has 1 fully saturated rings. The first-order chi connectivity index (χ1) is 8.55. The van der Waals surface area contributed by atoms with Crippen LogP contribution in [0.3, 0.4) is 0 Å². The average molecular weight is 306 g/mol. The maximum absolute atomic E-state index is 12.4. The van der Waals surface area contributed by atoms with Crippen molar-refractivity contribution >= 4 is 33.1 Å². The van der Waals surface area contributed by atoms with E-state index in [2.05, 4.69) is 0 Å². The average Bonchev–Trinajstić information content (AvgIpc) is 2.99. The van der Waals surface area contributed by atoms with E-state index >= 15 is 0 Å². The predicted octanol–water partition coefficient (Wildman–Crippen LogP) is 1.38. The van der Waals surface area contributed by atoms with Crippen molar-refractivity contribution in [3.63, 3.8) is 0 Å². The normalized spacial score (nSPS) is 20.7. The second kappa shape index (κ2) is 5.92. The monoisotopic (exact) mass is 306 g/mol. The maximum Gasteiger partial charge on any atom is 0.252 e. The van der Waals surface area contributed by atoms with Crippen molar-refractivity contribution in [2.24, 2.45) is 5.73 Å². The summed E-state index contributed by atoms with van der Waals surface area (Å²) in [7, 11) is -1.63. The van der Waals surface area contributed by atoms with Crippen LogP contribution in [0.2, 0.25) is 0 Å². The molecule has 1 atom stereocenters. The molecule has 0 aromatic carbocycles. The van der Waals surface area contributed by atoms with Crippen LogP contribution in [0, 0.1) is 0 Å². The Morgan fingerprint density at radius 2 is 2.28 bits per heavy atom. The first-order valence-corrected chi connectivity index (χ1v) is 9.31. The highest BCUT2D eigenvalue weighted by Gasteiger charge is 2.31. The lowest BCUT2D eigenvalue weighted by atomic mass is 10.3. The summed E-state index contributed by atoms with van der Waals surface area (Å²) in [5.74, 6) is 1.95.